The summed E-state index contributed by atoms with van der Waals surface area (Å²) in [7, 11) is 0. The fourth-order valence-electron chi connectivity index (χ4n) is 2.20. The number of benzene rings is 2. The number of hydrazone groups is 1. The minimum Gasteiger partial charge on any atom is -0.484 e. The van der Waals surface area contributed by atoms with Crippen molar-refractivity contribution in [1.29, 1.82) is 0 Å². The van der Waals surface area contributed by atoms with E-state index in [4.69, 9.17) is 10.5 Å². The number of carbonyl (C=O) groups is 3. The average molecular weight is 368 g/mol. The van der Waals surface area contributed by atoms with Gasteiger partial charge in [-0.3, -0.25) is 14.4 Å². The number of nitrogens with zero attached hydrogens (tertiary/aromatic N) is 1. The van der Waals surface area contributed by atoms with Crippen molar-refractivity contribution in [3.63, 3.8) is 0 Å². The van der Waals surface area contributed by atoms with Crippen LogP contribution in [0.3, 0.4) is 0 Å². The zero-order chi connectivity index (χ0) is 19.8. The van der Waals surface area contributed by atoms with E-state index < -0.39 is 17.7 Å². The Morgan fingerprint density at radius 1 is 1.04 bits per heavy atom. The highest BCUT2D eigenvalue weighted by atomic mass is 16.5. The van der Waals surface area contributed by atoms with E-state index in [-0.39, 0.29) is 6.61 Å². The maximum Gasteiger partial charge on any atom is 0.329 e. The van der Waals surface area contributed by atoms with E-state index in [2.05, 4.69) is 15.8 Å². The Morgan fingerprint density at radius 3 is 2.26 bits per heavy atom. The van der Waals surface area contributed by atoms with Gasteiger partial charge in [0.1, 0.15) is 5.75 Å². The molecule has 0 bridgehead atoms. The topological polar surface area (TPSA) is 123 Å². The van der Waals surface area contributed by atoms with E-state index >= 15 is 0 Å². The van der Waals surface area contributed by atoms with Crippen LogP contribution in [0.25, 0.3) is 0 Å². The summed E-state index contributed by atoms with van der Waals surface area (Å²) < 4.78 is 5.13. The molecule has 2 rings (SSSR count). The van der Waals surface area contributed by atoms with Gasteiger partial charge in [-0.05, 0) is 54.8 Å². The number of primary amides is 1. The predicted molar refractivity (Wildman–Crippen MR) is 101 cm³/mol. The summed E-state index contributed by atoms with van der Waals surface area (Å²) in [6, 6.07) is 12.1. The molecule has 0 aliphatic heterocycles. The summed E-state index contributed by atoms with van der Waals surface area (Å²) >= 11 is 0. The number of hydrogen-bond donors (Lipinski definition) is 3. The van der Waals surface area contributed by atoms with E-state index in [9.17, 15) is 14.4 Å². The average Bonchev–Trinajstić information content (AvgIpc) is 2.64. The molecular weight excluding hydrogens is 348 g/mol. The number of nitrogens with one attached hydrogen (secondary N) is 2. The van der Waals surface area contributed by atoms with Gasteiger partial charge in [0.15, 0.2) is 6.61 Å². The maximum atomic E-state index is 12.0. The molecule has 0 saturated heterocycles. The molecule has 0 radical (unpaired) electrons. The lowest BCUT2D eigenvalue weighted by molar-refractivity contribution is -0.136. The van der Waals surface area contributed by atoms with Crippen molar-refractivity contribution >= 4 is 29.6 Å². The Labute approximate surface area is 156 Å². The van der Waals surface area contributed by atoms with Crippen LogP contribution in [-0.2, 0) is 14.4 Å². The molecule has 3 amide bonds. The largest absolute Gasteiger partial charge is 0.484 e. The maximum absolute atomic E-state index is 12.0. The van der Waals surface area contributed by atoms with Crippen molar-refractivity contribution in [3.8, 4) is 5.75 Å². The standard InChI is InChI=1S/C19H20N4O4/c1-12-4-3-5-13(2)17(12)22-18(25)19(26)23-21-10-14-6-8-15(9-7-14)27-11-16(20)24/h3-10H,11H2,1-2H3,(H2,20,24)(H,22,25)(H,23,26). The smallest absolute Gasteiger partial charge is 0.329 e. The van der Waals surface area contributed by atoms with Crippen LogP contribution in [0, 0.1) is 13.8 Å². The zero-order valence-corrected chi connectivity index (χ0v) is 15.0. The molecule has 0 heterocycles. The van der Waals surface area contributed by atoms with Gasteiger partial charge in [-0.1, -0.05) is 18.2 Å². The van der Waals surface area contributed by atoms with Crippen LogP contribution >= 0.6 is 0 Å². The Bertz CT molecular complexity index is 856. The minimum absolute atomic E-state index is 0.209. The third kappa shape index (κ3) is 5.96. The molecule has 0 unspecified atom stereocenters. The molecule has 4 N–H and O–H groups in total. The second-order valence-electron chi connectivity index (χ2n) is 5.74. The van der Waals surface area contributed by atoms with Crippen molar-refractivity contribution in [2.45, 2.75) is 13.8 Å². The lowest BCUT2D eigenvalue weighted by Gasteiger charge is -2.10. The molecule has 0 spiro atoms. The highest BCUT2D eigenvalue weighted by Crippen LogP contribution is 2.19. The van der Waals surface area contributed by atoms with E-state index in [0.29, 0.717) is 17.0 Å². The molecule has 8 nitrogen and oxygen atoms in total. The number of anilines is 1. The summed E-state index contributed by atoms with van der Waals surface area (Å²) in [6.07, 6.45) is 1.38. The predicted octanol–water partition coefficient (Wildman–Crippen LogP) is 1.26. The first-order valence-corrected chi connectivity index (χ1v) is 8.08. The Balaban J connectivity index is 1.88. The zero-order valence-electron chi connectivity index (χ0n) is 15.0. The quantitative estimate of drug-likeness (QED) is 0.403. The number of aryl methyl sites for hydroxylation is 2. The molecule has 27 heavy (non-hydrogen) atoms. The van der Waals surface area contributed by atoms with Gasteiger partial charge in [-0.2, -0.15) is 5.10 Å². The highest BCUT2D eigenvalue weighted by molar-refractivity contribution is 6.39. The summed E-state index contributed by atoms with van der Waals surface area (Å²) in [5.74, 6) is -1.78. The van der Waals surface area contributed by atoms with Crippen molar-refractivity contribution in [1.82, 2.24) is 5.43 Å². The van der Waals surface area contributed by atoms with Gasteiger partial charge >= 0.3 is 11.8 Å². The normalized spacial score (nSPS) is 10.4. The van der Waals surface area contributed by atoms with Gasteiger partial charge < -0.3 is 15.8 Å². The van der Waals surface area contributed by atoms with Gasteiger partial charge in [0, 0.05) is 5.69 Å². The van der Waals surface area contributed by atoms with Crippen molar-refractivity contribution < 1.29 is 19.1 Å². The van der Waals surface area contributed by atoms with Crippen LogP contribution in [0.4, 0.5) is 5.69 Å². The molecule has 0 aliphatic rings. The van der Waals surface area contributed by atoms with E-state index in [1.54, 1.807) is 24.3 Å². The molecular formula is C19H20N4O4. The fourth-order valence-corrected chi connectivity index (χ4v) is 2.20. The van der Waals surface area contributed by atoms with E-state index in [1.165, 1.54) is 6.21 Å². The van der Waals surface area contributed by atoms with Crippen molar-refractivity contribution in [2.75, 3.05) is 11.9 Å². The molecule has 2 aromatic rings. The van der Waals surface area contributed by atoms with E-state index in [1.807, 2.05) is 32.0 Å². The minimum atomic E-state index is -0.879. The molecule has 2 aromatic carbocycles. The number of amides is 3. The van der Waals surface area contributed by atoms with Crippen LogP contribution < -0.4 is 21.2 Å². The molecule has 8 heteroatoms. The number of rotatable bonds is 6. The molecule has 0 aliphatic carbocycles. The van der Waals surface area contributed by atoms with Gasteiger partial charge in [0.25, 0.3) is 5.91 Å². The monoisotopic (exact) mass is 368 g/mol. The highest BCUT2D eigenvalue weighted by Gasteiger charge is 2.15. The number of para-hydroxylation sites is 1. The van der Waals surface area contributed by atoms with Crippen LogP contribution in [0.5, 0.6) is 5.75 Å². The number of hydrogen-bond acceptors (Lipinski definition) is 5. The van der Waals surface area contributed by atoms with E-state index in [0.717, 1.165) is 11.1 Å². The molecule has 0 saturated carbocycles. The first kappa shape index (κ1) is 19.6. The third-order valence-electron chi connectivity index (χ3n) is 3.57. The summed E-state index contributed by atoms with van der Waals surface area (Å²) in [5, 5.41) is 6.33. The molecule has 140 valence electrons. The summed E-state index contributed by atoms with van der Waals surface area (Å²) in [4.78, 5) is 34.5. The van der Waals surface area contributed by atoms with Gasteiger partial charge in [-0.15, -0.1) is 0 Å². The number of nitrogens with two attached hydrogens (primary N) is 1. The summed E-state index contributed by atoms with van der Waals surface area (Å²) in [6.45, 7) is 3.48. The Hall–Kier alpha value is -3.68. The van der Waals surface area contributed by atoms with Crippen LogP contribution in [-0.4, -0.2) is 30.5 Å². The molecule has 0 aromatic heterocycles. The molecule has 0 fully saturated rings. The fraction of sp³-hybridized carbons (Fsp3) is 0.158. The van der Waals surface area contributed by atoms with Crippen LogP contribution in [0.15, 0.2) is 47.6 Å². The Kier molecular flexibility index (Phi) is 6.65. The Morgan fingerprint density at radius 2 is 1.67 bits per heavy atom. The van der Waals surface area contributed by atoms with Crippen LogP contribution in [0.2, 0.25) is 0 Å². The van der Waals surface area contributed by atoms with Gasteiger partial charge in [-0.25, -0.2) is 5.43 Å². The first-order chi connectivity index (χ1) is 12.9. The van der Waals surface area contributed by atoms with Crippen molar-refractivity contribution in [3.05, 3.63) is 59.2 Å². The van der Waals surface area contributed by atoms with Gasteiger partial charge in [0.2, 0.25) is 0 Å². The first-order valence-electron chi connectivity index (χ1n) is 8.08. The number of ether oxygens (including phenoxy) is 1. The lowest BCUT2D eigenvalue weighted by Crippen LogP contribution is -2.32. The second-order valence-corrected chi connectivity index (χ2v) is 5.74. The SMILES string of the molecule is Cc1cccc(C)c1NC(=O)C(=O)NN=Cc1ccc(OCC(N)=O)cc1. The van der Waals surface area contributed by atoms with Crippen LogP contribution in [0.1, 0.15) is 16.7 Å². The molecule has 0 atom stereocenters. The lowest BCUT2D eigenvalue weighted by atomic mass is 10.1. The van der Waals surface area contributed by atoms with Gasteiger partial charge in [0.05, 0.1) is 6.21 Å². The second kappa shape index (κ2) is 9.14. The third-order valence-corrected chi connectivity index (χ3v) is 3.57. The summed E-state index contributed by atoms with van der Waals surface area (Å²) in [5.41, 5.74) is 10.2. The van der Waals surface area contributed by atoms with Crippen molar-refractivity contribution in [2.24, 2.45) is 10.8 Å². The number of carbonyl (C=O) groups excluding carboxylic acids is 3.